The van der Waals surface area contributed by atoms with Crippen LogP contribution in [0.3, 0.4) is 0 Å². The van der Waals surface area contributed by atoms with Crippen molar-refractivity contribution in [3.63, 3.8) is 0 Å². The van der Waals surface area contributed by atoms with Gasteiger partial charge in [0.15, 0.2) is 0 Å². The van der Waals surface area contributed by atoms with Gasteiger partial charge in [-0.3, -0.25) is 0 Å². The molecule has 0 saturated heterocycles. The zero-order valence-electron chi connectivity index (χ0n) is 6.99. The molecule has 1 heterocycles. The first-order valence-corrected chi connectivity index (χ1v) is 3.40. The van der Waals surface area contributed by atoms with Gasteiger partial charge in [0, 0.05) is 20.1 Å². The molecule has 1 rings (SSSR count). The molecule has 1 aliphatic heterocycles. The van der Waals surface area contributed by atoms with Gasteiger partial charge in [-0.2, -0.15) is 0 Å². The minimum absolute atomic E-state index is 0.324. The number of allylic oxidation sites excluding steroid dienone is 1. The first kappa shape index (κ1) is 8.80. The summed E-state index contributed by atoms with van der Waals surface area (Å²) in [6.07, 6.45) is 2.65. The van der Waals surface area contributed by atoms with Gasteiger partial charge in [0.25, 0.3) is 0 Å². The molecule has 4 nitrogen and oxygen atoms in total. The van der Waals surface area contributed by atoms with Crippen LogP contribution in [0.25, 0.3) is 0 Å². The van der Waals surface area contributed by atoms with E-state index in [1.54, 1.807) is 0 Å². The number of methoxy groups -OCH3 is 1. The Balaban J connectivity index is 2.83. The maximum Gasteiger partial charge on any atom is 0.370 e. The van der Waals surface area contributed by atoms with E-state index in [4.69, 9.17) is 14.2 Å². The number of esters is 1. The normalized spacial score (nSPS) is 29.2. The van der Waals surface area contributed by atoms with Gasteiger partial charge in [0.1, 0.15) is 5.76 Å². The number of rotatable bonds is 1. The number of ether oxygens (including phenoxy) is 3. The maximum absolute atomic E-state index is 10.9. The molecule has 0 fully saturated rings. The van der Waals surface area contributed by atoms with Crippen molar-refractivity contribution >= 4 is 5.97 Å². The Morgan fingerprint density at radius 1 is 1.50 bits per heavy atom. The molecule has 0 aromatic rings. The first-order valence-electron chi connectivity index (χ1n) is 3.40. The van der Waals surface area contributed by atoms with E-state index in [2.05, 4.69) is 6.58 Å². The lowest BCUT2D eigenvalue weighted by Crippen LogP contribution is -2.34. The third kappa shape index (κ3) is 1.85. The Hall–Kier alpha value is -1.29. The van der Waals surface area contributed by atoms with Crippen molar-refractivity contribution in [2.45, 2.75) is 12.9 Å². The predicted octanol–water partition coefficient (Wildman–Crippen LogP) is 0.950. The van der Waals surface area contributed by atoms with Crippen LogP contribution in [0.4, 0.5) is 0 Å². The summed E-state index contributed by atoms with van der Waals surface area (Å²) in [7, 11) is 1.38. The van der Waals surface area contributed by atoms with Crippen molar-refractivity contribution in [1.82, 2.24) is 0 Å². The molecular formula is C8H10O4. The highest BCUT2D eigenvalue weighted by atomic mass is 16.9. The Labute approximate surface area is 70.4 Å². The Bertz CT molecular complexity index is 221. The average Bonchev–Trinajstić information content (AvgIpc) is 2.11. The fourth-order valence-electron chi connectivity index (χ4n) is 0.754. The van der Waals surface area contributed by atoms with Crippen LogP contribution < -0.4 is 0 Å². The fourth-order valence-corrected chi connectivity index (χ4v) is 0.754. The molecule has 12 heavy (non-hydrogen) atoms. The summed E-state index contributed by atoms with van der Waals surface area (Å²) in [5.41, 5.74) is 0. The van der Waals surface area contributed by atoms with Crippen molar-refractivity contribution in [2.75, 3.05) is 7.11 Å². The molecule has 0 bridgehead atoms. The minimum atomic E-state index is -1.36. The van der Waals surface area contributed by atoms with Gasteiger partial charge in [0.2, 0.25) is 0 Å². The molecule has 1 aliphatic rings. The van der Waals surface area contributed by atoms with E-state index in [1.165, 1.54) is 26.2 Å². The van der Waals surface area contributed by atoms with Gasteiger partial charge in [-0.25, -0.2) is 4.79 Å². The topological polar surface area (TPSA) is 44.8 Å². The average molecular weight is 170 g/mol. The van der Waals surface area contributed by atoms with Crippen LogP contribution in [-0.2, 0) is 19.0 Å². The highest BCUT2D eigenvalue weighted by Gasteiger charge is 2.32. The summed E-state index contributed by atoms with van der Waals surface area (Å²) in [6.45, 7) is 5.02. The zero-order chi connectivity index (χ0) is 9.19. The third-order valence-electron chi connectivity index (χ3n) is 1.38. The van der Waals surface area contributed by atoms with Crippen LogP contribution in [-0.4, -0.2) is 19.1 Å². The van der Waals surface area contributed by atoms with Crippen LogP contribution >= 0.6 is 0 Å². The highest BCUT2D eigenvalue weighted by molar-refractivity contribution is 5.82. The largest absolute Gasteiger partial charge is 0.431 e. The molecule has 1 atom stereocenters. The molecule has 0 spiro atoms. The molecule has 0 radical (unpaired) electrons. The number of hydrogen-bond acceptors (Lipinski definition) is 4. The van der Waals surface area contributed by atoms with E-state index in [9.17, 15) is 4.79 Å². The third-order valence-corrected chi connectivity index (χ3v) is 1.38. The second-order valence-corrected chi connectivity index (χ2v) is 2.39. The summed E-state index contributed by atoms with van der Waals surface area (Å²) in [5, 5.41) is 0. The highest BCUT2D eigenvalue weighted by Crippen LogP contribution is 2.20. The lowest BCUT2D eigenvalue weighted by atomic mass is 10.4. The monoisotopic (exact) mass is 170 g/mol. The second kappa shape index (κ2) is 2.98. The summed E-state index contributed by atoms with van der Waals surface area (Å²) in [6, 6.07) is 0. The Morgan fingerprint density at radius 3 is 2.75 bits per heavy atom. The van der Waals surface area contributed by atoms with E-state index in [0.717, 1.165) is 0 Å². The number of cyclic esters (lactones) is 1. The van der Waals surface area contributed by atoms with Gasteiger partial charge in [-0.05, 0) is 6.08 Å². The molecule has 0 aromatic heterocycles. The maximum atomic E-state index is 10.9. The number of carbonyl (C=O) groups is 1. The summed E-state index contributed by atoms with van der Waals surface area (Å²) in [5.74, 6) is -1.55. The quantitative estimate of drug-likeness (QED) is 0.549. The molecule has 0 N–H and O–H groups in total. The van der Waals surface area contributed by atoms with Crippen LogP contribution in [0.15, 0.2) is 24.5 Å². The molecular weight excluding hydrogens is 160 g/mol. The molecule has 66 valence electrons. The number of hydrogen-bond donors (Lipinski definition) is 0. The molecule has 4 heteroatoms. The second-order valence-electron chi connectivity index (χ2n) is 2.39. The van der Waals surface area contributed by atoms with Crippen LogP contribution in [0.5, 0.6) is 0 Å². The van der Waals surface area contributed by atoms with E-state index in [0.29, 0.717) is 5.76 Å². The minimum Gasteiger partial charge on any atom is -0.431 e. The molecule has 0 aliphatic carbocycles. The van der Waals surface area contributed by atoms with Gasteiger partial charge < -0.3 is 14.2 Å². The van der Waals surface area contributed by atoms with Crippen LogP contribution in [0.2, 0.25) is 0 Å². The van der Waals surface area contributed by atoms with Crippen molar-refractivity contribution in [3.8, 4) is 0 Å². The lowest BCUT2D eigenvalue weighted by molar-refractivity contribution is -0.322. The fraction of sp³-hybridized carbons (Fsp3) is 0.375. The molecule has 1 unspecified atom stereocenters. The van der Waals surface area contributed by atoms with E-state index >= 15 is 0 Å². The van der Waals surface area contributed by atoms with E-state index in [1.807, 2.05) is 0 Å². The molecule has 0 amide bonds. The van der Waals surface area contributed by atoms with Crippen molar-refractivity contribution < 1.29 is 19.0 Å². The lowest BCUT2D eigenvalue weighted by Gasteiger charge is -2.25. The van der Waals surface area contributed by atoms with Crippen molar-refractivity contribution in [3.05, 3.63) is 24.5 Å². The van der Waals surface area contributed by atoms with Crippen molar-refractivity contribution in [1.29, 1.82) is 0 Å². The Kier molecular flexibility index (Phi) is 2.19. The molecule has 0 aromatic carbocycles. The Morgan fingerprint density at radius 2 is 2.17 bits per heavy atom. The summed E-state index contributed by atoms with van der Waals surface area (Å²) < 4.78 is 14.7. The smallest absolute Gasteiger partial charge is 0.370 e. The van der Waals surface area contributed by atoms with E-state index < -0.39 is 11.9 Å². The van der Waals surface area contributed by atoms with Gasteiger partial charge in [-0.15, -0.1) is 0 Å². The van der Waals surface area contributed by atoms with Crippen molar-refractivity contribution in [2.24, 2.45) is 0 Å². The molecule has 0 saturated carbocycles. The summed E-state index contributed by atoms with van der Waals surface area (Å²) in [4.78, 5) is 10.9. The van der Waals surface area contributed by atoms with Crippen LogP contribution in [0.1, 0.15) is 6.92 Å². The number of carbonyl (C=O) groups excluding carboxylic acids is 1. The summed E-state index contributed by atoms with van der Waals surface area (Å²) >= 11 is 0. The van der Waals surface area contributed by atoms with E-state index in [-0.39, 0.29) is 0 Å². The van der Waals surface area contributed by atoms with Gasteiger partial charge in [-0.1, -0.05) is 6.58 Å². The van der Waals surface area contributed by atoms with Gasteiger partial charge >= 0.3 is 11.9 Å². The van der Waals surface area contributed by atoms with Gasteiger partial charge in [0.05, 0.1) is 0 Å². The predicted molar refractivity (Wildman–Crippen MR) is 40.9 cm³/mol. The first-order chi connectivity index (χ1) is 5.56. The zero-order valence-corrected chi connectivity index (χ0v) is 6.99. The standard InChI is InChI=1S/C8H10O4/c1-6-4-5-7(9)12-8(2,10-3)11-6/h4-5H,1H2,2-3H3. The van der Waals surface area contributed by atoms with Crippen LogP contribution in [0, 0.1) is 0 Å². The SMILES string of the molecule is C=C1C=CC(=O)OC(C)(OC)O1.